The summed E-state index contributed by atoms with van der Waals surface area (Å²) in [5.41, 5.74) is 1.21. The average Bonchev–Trinajstić information content (AvgIpc) is 2.91. The molecule has 0 aliphatic carbocycles. The quantitative estimate of drug-likeness (QED) is 0.630. The molecule has 1 aromatic heterocycles. The van der Waals surface area contributed by atoms with Crippen LogP contribution in [0.25, 0.3) is 0 Å². The Morgan fingerprint density at radius 3 is 2.68 bits per heavy atom. The van der Waals surface area contributed by atoms with E-state index in [2.05, 4.69) is 26.2 Å². The highest BCUT2D eigenvalue weighted by molar-refractivity contribution is 9.10. The Morgan fingerprint density at radius 2 is 2.05 bits per heavy atom. The number of Topliss-reactive ketones (excluding diaryl/α,β-unsaturated/α-hetero) is 1. The molecule has 1 amide bonds. The van der Waals surface area contributed by atoms with Crippen molar-refractivity contribution in [3.05, 3.63) is 52.3 Å². The topological polar surface area (TPSA) is 88.3 Å². The highest BCUT2D eigenvalue weighted by Crippen LogP contribution is 2.12. The molecule has 0 aliphatic heterocycles. The minimum Gasteiger partial charge on any atom is -0.451 e. The van der Waals surface area contributed by atoms with E-state index in [4.69, 9.17) is 4.74 Å². The van der Waals surface area contributed by atoms with Crippen LogP contribution in [-0.2, 0) is 9.53 Å². The fraction of sp³-hybridized carbons (Fsp3) is 0.133. The Balaban J connectivity index is 1.89. The molecular formula is C15H13BrN2O4. The van der Waals surface area contributed by atoms with Gasteiger partial charge in [0.2, 0.25) is 0 Å². The minimum atomic E-state index is -0.627. The highest BCUT2D eigenvalue weighted by atomic mass is 79.9. The minimum absolute atomic E-state index is 0.0974. The molecule has 0 saturated heterocycles. The van der Waals surface area contributed by atoms with Crippen molar-refractivity contribution in [1.82, 2.24) is 4.98 Å². The predicted molar refractivity (Wildman–Crippen MR) is 83.9 cm³/mol. The van der Waals surface area contributed by atoms with E-state index in [-0.39, 0.29) is 11.5 Å². The van der Waals surface area contributed by atoms with Crippen LogP contribution in [0.5, 0.6) is 0 Å². The summed E-state index contributed by atoms with van der Waals surface area (Å²) in [7, 11) is 0. The average molecular weight is 365 g/mol. The highest BCUT2D eigenvalue weighted by Gasteiger charge is 2.12. The third-order valence-electron chi connectivity index (χ3n) is 2.75. The van der Waals surface area contributed by atoms with E-state index < -0.39 is 18.5 Å². The number of hydrogen-bond donors (Lipinski definition) is 2. The zero-order chi connectivity index (χ0) is 16.1. The van der Waals surface area contributed by atoms with Gasteiger partial charge in [0, 0.05) is 21.9 Å². The molecule has 0 radical (unpaired) electrons. The lowest BCUT2D eigenvalue weighted by atomic mass is 10.1. The number of carbonyl (C=O) groups excluding carboxylic acids is 3. The molecule has 2 rings (SSSR count). The molecule has 0 aliphatic rings. The summed E-state index contributed by atoms with van der Waals surface area (Å²) < 4.78 is 5.60. The SMILES string of the molecule is CC(=O)c1cccc(NC(=O)COC(=O)c2cc(Br)c[nH]2)c1. The summed E-state index contributed by atoms with van der Waals surface area (Å²) in [4.78, 5) is 37.4. The zero-order valence-corrected chi connectivity index (χ0v) is 13.3. The van der Waals surface area contributed by atoms with Gasteiger partial charge in [-0.2, -0.15) is 0 Å². The lowest BCUT2D eigenvalue weighted by Gasteiger charge is -2.07. The van der Waals surface area contributed by atoms with Gasteiger partial charge >= 0.3 is 5.97 Å². The molecule has 0 spiro atoms. The molecule has 22 heavy (non-hydrogen) atoms. The summed E-state index contributed by atoms with van der Waals surface area (Å²) in [5.74, 6) is -1.21. The van der Waals surface area contributed by atoms with Gasteiger partial charge in [-0.05, 0) is 41.1 Å². The van der Waals surface area contributed by atoms with Crippen molar-refractivity contribution in [3.8, 4) is 0 Å². The Bertz CT molecular complexity index is 724. The van der Waals surface area contributed by atoms with Crippen molar-refractivity contribution in [3.63, 3.8) is 0 Å². The summed E-state index contributed by atoms with van der Waals surface area (Å²) in [5, 5.41) is 2.56. The Kier molecular flexibility index (Phi) is 5.11. The molecule has 0 atom stereocenters. The molecule has 2 aromatic rings. The van der Waals surface area contributed by atoms with E-state index in [0.717, 1.165) is 0 Å². The van der Waals surface area contributed by atoms with Crippen molar-refractivity contribution >= 4 is 39.3 Å². The Morgan fingerprint density at radius 1 is 1.27 bits per heavy atom. The van der Waals surface area contributed by atoms with Crippen molar-refractivity contribution in [1.29, 1.82) is 0 Å². The van der Waals surface area contributed by atoms with Crippen LogP contribution in [0.2, 0.25) is 0 Å². The van der Waals surface area contributed by atoms with Crippen molar-refractivity contribution in [2.24, 2.45) is 0 Å². The Labute approximate surface area is 135 Å². The maximum atomic E-state index is 11.7. The molecule has 6 nitrogen and oxygen atoms in total. The monoisotopic (exact) mass is 364 g/mol. The molecule has 0 bridgehead atoms. The molecule has 0 unspecified atom stereocenters. The number of carbonyl (C=O) groups is 3. The molecule has 2 N–H and O–H groups in total. The van der Waals surface area contributed by atoms with E-state index in [0.29, 0.717) is 15.7 Å². The standard InChI is InChI=1S/C15H13BrN2O4/c1-9(19)10-3-2-4-12(5-10)18-14(20)8-22-15(21)13-6-11(16)7-17-13/h2-7,17H,8H2,1H3,(H,18,20). The van der Waals surface area contributed by atoms with Gasteiger partial charge in [0.15, 0.2) is 12.4 Å². The van der Waals surface area contributed by atoms with Gasteiger partial charge in [-0.25, -0.2) is 4.79 Å². The lowest BCUT2D eigenvalue weighted by Crippen LogP contribution is -2.21. The van der Waals surface area contributed by atoms with Gasteiger partial charge in [-0.1, -0.05) is 12.1 Å². The summed E-state index contributed by atoms with van der Waals surface area (Å²) >= 11 is 3.20. The smallest absolute Gasteiger partial charge is 0.355 e. The third-order valence-corrected chi connectivity index (χ3v) is 3.21. The predicted octanol–water partition coefficient (Wildman–Crippen LogP) is 2.78. The molecule has 1 aromatic carbocycles. The number of aromatic amines is 1. The van der Waals surface area contributed by atoms with E-state index in [9.17, 15) is 14.4 Å². The Hall–Kier alpha value is -2.41. The number of anilines is 1. The van der Waals surface area contributed by atoms with Gasteiger partial charge in [0.1, 0.15) is 5.69 Å². The molecule has 7 heteroatoms. The molecule has 0 saturated carbocycles. The number of ketones is 1. The van der Waals surface area contributed by atoms with Crippen LogP contribution in [0.3, 0.4) is 0 Å². The van der Waals surface area contributed by atoms with Crippen molar-refractivity contribution in [2.45, 2.75) is 6.92 Å². The number of halogens is 1. The number of amides is 1. The first-order valence-corrected chi connectivity index (χ1v) is 7.17. The van der Waals surface area contributed by atoms with Crippen molar-refractivity contribution < 1.29 is 19.1 Å². The summed E-state index contributed by atoms with van der Waals surface area (Å²) in [6.45, 7) is 1.02. The van der Waals surface area contributed by atoms with Gasteiger partial charge < -0.3 is 15.0 Å². The van der Waals surface area contributed by atoms with E-state index >= 15 is 0 Å². The van der Waals surface area contributed by atoms with Crippen LogP contribution < -0.4 is 5.32 Å². The van der Waals surface area contributed by atoms with Crippen LogP contribution in [0, 0.1) is 0 Å². The maximum Gasteiger partial charge on any atom is 0.355 e. The number of benzene rings is 1. The summed E-state index contributed by atoms with van der Waals surface area (Å²) in [6.07, 6.45) is 1.59. The van der Waals surface area contributed by atoms with E-state index in [1.165, 1.54) is 6.92 Å². The fourth-order valence-corrected chi connectivity index (χ4v) is 2.05. The fourth-order valence-electron chi connectivity index (χ4n) is 1.71. The van der Waals surface area contributed by atoms with Gasteiger partial charge in [0.05, 0.1) is 0 Å². The molecular weight excluding hydrogens is 352 g/mol. The summed E-state index contributed by atoms with van der Waals surface area (Å²) in [6, 6.07) is 8.07. The first kappa shape index (κ1) is 16.0. The number of hydrogen-bond acceptors (Lipinski definition) is 4. The second kappa shape index (κ2) is 7.04. The number of aromatic nitrogens is 1. The van der Waals surface area contributed by atoms with Gasteiger partial charge in [-0.3, -0.25) is 9.59 Å². The maximum absolute atomic E-state index is 11.7. The lowest BCUT2D eigenvalue weighted by molar-refractivity contribution is -0.119. The number of H-pyrrole nitrogens is 1. The van der Waals surface area contributed by atoms with Crippen molar-refractivity contribution in [2.75, 3.05) is 11.9 Å². The molecule has 0 fully saturated rings. The second-order valence-electron chi connectivity index (χ2n) is 4.49. The van der Waals surface area contributed by atoms with Crippen LogP contribution in [-0.4, -0.2) is 29.3 Å². The largest absolute Gasteiger partial charge is 0.451 e. The van der Waals surface area contributed by atoms with E-state index in [1.807, 2.05) is 0 Å². The van der Waals surface area contributed by atoms with Crippen LogP contribution in [0.15, 0.2) is 41.0 Å². The first-order chi connectivity index (χ1) is 10.5. The third kappa shape index (κ3) is 4.29. The number of rotatable bonds is 5. The van der Waals surface area contributed by atoms with Gasteiger partial charge in [-0.15, -0.1) is 0 Å². The van der Waals surface area contributed by atoms with Crippen LogP contribution in [0.1, 0.15) is 27.8 Å². The second-order valence-corrected chi connectivity index (χ2v) is 5.41. The normalized spacial score (nSPS) is 10.1. The molecule has 1 heterocycles. The number of ether oxygens (including phenoxy) is 1. The van der Waals surface area contributed by atoms with Crippen LogP contribution >= 0.6 is 15.9 Å². The van der Waals surface area contributed by atoms with Gasteiger partial charge in [0.25, 0.3) is 5.91 Å². The van der Waals surface area contributed by atoms with E-state index in [1.54, 1.807) is 36.5 Å². The van der Waals surface area contributed by atoms with Crippen LogP contribution in [0.4, 0.5) is 5.69 Å². The zero-order valence-electron chi connectivity index (χ0n) is 11.7. The number of esters is 1. The first-order valence-electron chi connectivity index (χ1n) is 6.37. The molecule has 114 valence electrons. The number of nitrogens with one attached hydrogen (secondary N) is 2.